The first kappa shape index (κ1) is 15.2. The van der Waals surface area contributed by atoms with Gasteiger partial charge < -0.3 is 14.6 Å². The highest BCUT2D eigenvalue weighted by molar-refractivity contribution is 7.99. The maximum atomic E-state index is 12.0. The highest BCUT2D eigenvalue weighted by Gasteiger charge is 2.27. The molecule has 1 aromatic rings. The second kappa shape index (κ2) is 6.08. The predicted molar refractivity (Wildman–Crippen MR) is 80.0 cm³/mol. The second-order valence-electron chi connectivity index (χ2n) is 6.13. The fourth-order valence-corrected chi connectivity index (χ4v) is 3.18. The highest BCUT2D eigenvalue weighted by atomic mass is 32.2. The number of piperidine rings is 1. The molecule has 0 radical (unpaired) electrons. The molecule has 1 aliphatic heterocycles. The standard InChI is InChI=1S/C14H23N3O2S/c1-10-9-15-12(16-10)20-11-5-7-17(8-6-11)13(18)19-14(2,3)4/h9,11H,5-8H2,1-4H3,(H,15,16). The molecule has 20 heavy (non-hydrogen) atoms. The molecule has 1 amide bonds. The maximum absolute atomic E-state index is 12.0. The molecule has 0 aromatic carbocycles. The van der Waals surface area contributed by atoms with E-state index in [-0.39, 0.29) is 6.09 Å². The van der Waals surface area contributed by atoms with E-state index in [9.17, 15) is 4.79 Å². The Morgan fingerprint density at radius 3 is 2.60 bits per heavy atom. The van der Waals surface area contributed by atoms with E-state index in [0.29, 0.717) is 5.25 Å². The van der Waals surface area contributed by atoms with Crippen LogP contribution in [-0.2, 0) is 4.74 Å². The number of amides is 1. The van der Waals surface area contributed by atoms with Gasteiger partial charge in [-0.05, 0) is 40.5 Å². The van der Waals surface area contributed by atoms with Crippen molar-refractivity contribution in [1.29, 1.82) is 0 Å². The summed E-state index contributed by atoms with van der Waals surface area (Å²) in [5, 5.41) is 1.48. The van der Waals surface area contributed by atoms with Crippen molar-refractivity contribution in [2.75, 3.05) is 13.1 Å². The first-order valence-corrected chi connectivity index (χ1v) is 7.88. The predicted octanol–water partition coefficient (Wildman–Crippen LogP) is 3.21. The number of nitrogens with one attached hydrogen (secondary N) is 1. The Morgan fingerprint density at radius 1 is 1.45 bits per heavy atom. The average molecular weight is 297 g/mol. The molecular weight excluding hydrogens is 274 g/mol. The summed E-state index contributed by atoms with van der Waals surface area (Å²) in [6.07, 6.45) is 3.67. The van der Waals surface area contributed by atoms with Gasteiger partial charge in [0.15, 0.2) is 5.16 Å². The van der Waals surface area contributed by atoms with Gasteiger partial charge in [0, 0.05) is 24.5 Å². The molecule has 2 heterocycles. The fraction of sp³-hybridized carbons (Fsp3) is 0.714. The van der Waals surface area contributed by atoms with Crippen LogP contribution in [0.2, 0.25) is 0 Å². The Hall–Kier alpha value is -1.17. The van der Waals surface area contributed by atoms with Gasteiger partial charge in [-0.1, -0.05) is 11.8 Å². The van der Waals surface area contributed by atoms with E-state index >= 15 is 0 Å². The maximum Gasteiger partial charge on any atom is 0.410 e. The van der Waals surface area contributed by atoms with Gasteiger partial charge >= 0.3 is 6.09 Å². The van der Waals surface area contributed by atoms with Crippen molar-refractivity contribution in [3.8, 4) is 0 Å². The summed E-state index contributed by atoms with van der Waals surface area (Å²) in [7, 11) is 0. The number of aromatic amines is 1. The molecule has 0 aliphatic carbocycles. The van der Waals surface area contributed by atoms with Gasteiger partial charge in [0.1, 0.15) is 5.60 Å². The number of carbonyl (C=O) groups excluding carboxylic acids is 1. The lowest BCUT2D eigenvalue weighted by Crippen LogP contribution is -2.42. The van der Waals surface area contributed by atoms with Crippen LogP contribution in [0.15, 0.2) is 11.4 Å². The molecule has 0 atom stereocenters. The largest absolute Gasteiger partial charge is 0.444 e. The molecule has 1 fully saturated rings. The van der Waals surface area contributed by atoms with Gasteiger partial charge in [-0.3, -0.25) is 0 Å². The minimum atomic E-state index is -0.422. The Morgan fingerprint density at radius 2 is 2.10 bits per heavy atom. The summed E-state index contributed by atoms with van der Waals surface area (Å²) in [5.41, 5.74) is 0.590. The number of H-pyrrole nitrogens is 1. The number of carbonyl (C=O) groups is 1. The van der Waals surface area contributed by atoms with Crippen molar-refractivity contribution in [2.45, 2.75) is 56.5 Å². The number of rotatable bonds is 2. The topological polar surface area (TPSA) is 58.2 Å². The van der Waals surface area contributed by atoms with Gasteiger partial charge in [0.2, 0.25) is 0 Å². The van der Waals surface area contributed by atoms with E-state index in [2.05, 4.69) is 9.97 Å². The van der Waals surface area contributed by atoms with Crippen molar-refractivity contribution >= 4 is 17.9 Å². The Labute approximate surface area is 124 Å². The molecule has 2 rings (SSSR count). The van der Waals surface area contributed by atoms with E-state index in [0.717, 1.165) is 36.8 Å². The normalized spacial score (nSPS) is 17.3. The number of ether oxygens (including phenoxy) is 1. The zero-order valence-electron chi connectivity index (χ0n) is 12.6. The summed E-state index contributed by atoms with van der Waals surface area (Å²) in [6, 6.07) is 0. The number of aromatic nitrogens is 2. The molecule has 0 spiro atoms. The van der Waals surface area contributed by atoms with Crippen molar-refractivity contribution in [2.24, 2.45) is 0 Å². The number of hydrogen-bond acceptors (Lipinski definition) is 4. The number of nitrogens with zero attached hydrogens (tertiary/aromatic N) is 2. The minimum absolute atomic E-state index is 0.199. The Balaban J connectivity index is 1.79. The van der Waals surface area contributed by atoms with Crippen molar-refractivity contribution in [1.82, 2.24) is 14.9 Å². The molecule has 1 aromatic heterocycles. The highest BCUT2D eigenvalue weighted by Crippen LogP contribution is 2.28. The van der Waals surface area contributed by atoms with Gasteiger partial charge in [0.05, 0.1) is 5.69 Å². The van der Waals surface area contributed by atoms with Crippen LogP contribution in [0.25, 0.3) is 0 Å². The van der Waals surface area contributed by atoms with E-state index in [4.69, 9.17) is 4.74 Å². The molecule has 1 saturated heterocycles. The van der Waals surface area contributed by atoms with Crippen LogP contribution < -0.4 is 0 Å². The summed E-state index contributed by atoms with van der Waals surface area (Å²) >= 11 is 1.77. The fourth-order valence-electron chi connectivity index (χ4n) is 2.09. The van der Waals surface area contributed by atoms with E-state index in [1.807, 2.05) is 33.9 Å². The Bertz CT molecular complexity index is 459. The van der Waals surface area contributed by atoms with Crippen LogP contribution in [0.4, 0.5) is 4.79 Å². The van der Waals surface area contributed by atoms with E-state index in [1.165, 1.54) is 0 Å². The zero-order chi connectivity index (χ0) is 14.8. The van der Waals surface area contributed by atoms with Crippen LogP contribution in [-0.4, -0.2) is 44.9 Å². The van der Waals surface area contributed by atoms with Crippen LogP contribution in [0, 0.1) is 6.92 Å². The SMILES string of the molecule is Cc1c[nH]c(SC2CCN(C(=O)OC(C)(C)C)CC2)n1. The smallest absolute Gasteiger partial charge is 0.410 e. The molecular formula is C14H23N3O2S. The quantitative estimate of drug-likeness (QED) is 0.910. The van der Waals surface area contributed by atoms with Crippen LogP contribution in [0.3, 0.4) is 0 Å². The zero-order valence-corrected chi connectivity index (χ0v) is 13.4. The van der Waals surface area contributed by atoms with E-state index < -0.39 is 5.60 Å². The summed E-state index contributed by atoms with van der Waals surface area (Å²) in [5.74, 6) is 0. The molecule has 0 bridgehead atoms. The number of imidazole rings is 1. The third kappa shape index (κ3) is 4.44. The summed E-state index contributed by atoms with van der Waals surface area (Å²) in [4.78, 5) is 21.3. The van der Waals surface area contributed by atoms with Crippen LogP contribution in [0.1, 0.15) is 39.3 Å². The summed E-state index contributed by atoms with van der Waals surface area (Å²) in [6.45, 7) is 9.18. The van der Waals surface area contributed by atoms with Crippen molar-refractivity contribution in [3.63, 3.8) is 0 Å². The molecule has 1 aliphatic rings. The number of aryl methyl sites for hydroxylation is 1. The van der Waals surface area contributed by atoms with Crippen molar-refractivity contribution in [3.05, 3.63) is 11.9 Å². The number of likely N-dealkylation sites (tertiary alicyclic amines) is 1. The molecule has 5 nitrogen and oxygen atoms in total. The Kier molecular flexibility index (Phi) is 4.62. The molecule has 6 heteroatoms. The minimum Gasteiger partial charge on any atom is -0.444 e. The molecule has 112 valence electrons. The number of thioether (sulfide) groups is 1. The lowest BCUT2D eigenvalue weighted by molar-refractivity contribution is 0.0219. The second-order valence-corrected chi connectivity index (χ2v) is 7.42. The van der Waals surface area contributed by atoms with Gasteiger partial charge in [-0.15, -0.1) is 0 Å². The first-order chi connectivity index (χ1) is 9.33. The molecule has 1 N–H and O–H groups in total. The average Bonchev–Trinajstić information content (AvgIpc) is 2.73. The van der Waals surface area contributed by atoms with E-state index in [1.54, 1.807) is 16.7 Å². The van der Waals surface area contributed by atoms with Gasteiger partial charge in [0.25, 0.3) is 0 Å². The molecule has 0 unspecified atom stereocenters. The lowest BCUT2D eigenvalue weighted by atomic mass is 10.1. The first-order valence-electron chi connectivity index (χ1n) is 7.00. The molecule has 0 saturated carbocycles. The summed E-state index contributed by atoms with van der Waals surface area (Å²) < 4.78 is 5.40. The van der Waals surface area contributed by atoms with Crippen LogP contribution in [0.5, 0.6) is 0 Å². The third-order valence-corrected chi connectivity index (χ3v) is 4.29. The van der Waals surface area contributed by atoms with Crippen molar-refractivity contribution < 1.29 is 9.53 Å². The van der Waals surface area contributed by atoms with Gasteiger partial charge in [-0.25, -0.2) is 9.78 Å². The third-order valence-electron chi connectivity index (χ3n) is 3.05. The number of hydrogen-bond donors (Lipinski definition) is 1. The van der Waals surface area contributed by atoms with Gasteiger partial charge in [-0.2, -0.15) is 0 Å². The lowest BCUT2D eigenvalue weighted by Gasteiger charge is -2.32. The monoisotopic (exact) mass is 297 g/mol. The van der Waals surface area contributed by atoms with Crippen LogP contribution >= 0.6 is 11.8 Å².